The second kappa shape index (κ2) is 6.12. The standard InChI is InChI=1S/C14H23N3/c1-12-4-7-17(11-14(12)9-15)8-5-13-3-2-6-16-10-13/h2-3,6,10,12,14H,4-5,7-9,11,15H2,1H3. The maximum absolute atomic E-state index is 5.83. The summed E-state index contributed by atoms with van der Waals surface area (Å²) in [5.74, 6) is 1.47. The van der Waals surface area contributed by atoms with Gasteiger partial charge in [0.15, 0.2) is 0 Å². The third-order valence-electron chi connectivity index (χ3n) is 3.94. The van der Waals surface area contributed by atoms with Gasteiger partial charge in [0.05, 0.1) is 0 Å². The van der Waals surface area contributed by atoms with Gasteiger partial charge >= 0.3 is 0 Å². The summed E-state index contributed by atoms with van der Waals surface area (Å²) in [5, 5.41) is 0. The van der Waals surface area contributed by atoms with E-state index in [4.69, 9.17) is 5.73 Å². The van der Waals surface area contributed by atoms with E-state index in [0.29, 0.717) is 5.92 Å². The van der Waals surface area contributed by atoms with Gasteiger partial charge in [0.2, 0.25) is 0 Å². The van der Waals surface area contributed by atoms with E-state index in [1.54, 1.807) is 0 Å². The molecule has 0 saturated carbocycles. The van der Waals surface area contributed by atoms with Crippen LogP contribution in [0.25, 0.3) is 0 Å². The van der Waals surface area contributed by atoms with Crippen LogP contribution in [0.4, 0.5) is 0 Å². The zero-order valence-electron chi connectivity index (χ0n) is 10.7. The van der Waals surface area contributed by atoms with Crippen LogP contribution in [-0.2, 0) is 6.42 Å². The molecule has 3 heteroatoms. The summed E-state index contributed by atoms with van der Waals surface area (Å²) >= 11 is 0. The molecule has 1 aliphatic rings. The summed E-state index contributed by atoms with van der Waals surface area (Å²) in [6.07, 6.45) is 6.18. The minimum atomic E-state index is 0.678. The largest absolute Gasteiger partial charge is 0.330 e. The fraction of sp³-hybridized carbons (Fsp3) is 0.643. The highest BCUT2D eigenvalue weighted by molar-refractivity contribution is 5.08. The van der Waals surface area contributed by atoms with Crippen LogP contribution in [0.2, 0.25) is 0 Å². The highest BCUT2D eigenvalue weighted by atomic mass is 15.1. The lowest BCUT2D eigenvalue weighted by Gasteiger charge is -2.36. The van der Waals surface area contributed by atoms with Crippen molar-refractivity contribution in [1.29, 1.82) is 0 Å². The van der Waals surface area contributed by atoms with E-state index >= 15 is 0 Å². The van der Waals surface area contributed by atoms with Gasteiger partial charge in [0.1, 0.15) is 0 Å². The molecule has 1 saturated heterocycles. The molecule has 17 heavy (non-hydrogen) atoms. The summed E-state index contributed by atoms with van der Waals surface area (Å²) in [5.41, 5.74) is 7.16. The topological polar surface area (TPSA) is 42.2 Å². The van der Waals surface area contributed by atoms with Crippen molar-refractivity contribution in [3.8, 4) is 0 Å². The van der Waals surface area contributed by atoms with Crippen molar-refractivity contribution in [2.45, 2.75) is 19.8 Å². The molecule has 2 rings (SSSR count). The van der Waals surface area contributed by atoms with Crippen LogP contribution in [0, 0.1) is 11.8 Å². The molecule has 1 aliphatic heterocycles. The Labute approximate surface area is 104 Å². The third-order valence-corrected chi connectivity index (χ3v) is 3.94. The van der Waals surface area contributed by atoms with Gasteiger partial charge in [-0.3, -0.25) is 4.98 Å². The number of nitrogens with two attached hydrogens (primary N) is 1. The van der Waals surface area contributed by atoms with Crippen molar-refractivity contribution in [3.63, 3.8) is 0 Å². The lowest BCUT2D eigenvalue weighted by Crippen LogP contribution is -2.43. The lowest BCUT2D eigenvalue weighted by atomic mass is 9.87. The maximum atomic E-state index is 5.83. The van der Waals surface area contributed by atoms with E-state index in [0.717, 1.165) is 32.0 Å². The molecular weight excluding hydrogens is 210 g/mol. The minimum absolute atomic E-state index is 0.678. The Morgan fingerprint density at radius 2 is 2.41 bits per heavy atom. The summed E-state index contributed by atoms with van der Waals surface area (Å²) in [7, 11) is 0. The molecule has 1 fully saturated rings. The molecule has 0 spiro atoms. The quantitative estimate of drug-likeness (QED) is 0.858. The molecule has 2 N–H and O–H groups in total. The predicted octanol–water partition coefficient (Wildman–Crippen LogP) is 1.54. The first-order valence-corrected chi connectivity index (χ1v) is 6.61. The second-order valence-electron chi connectivity index (χ2n) is 5.17. The van der Waals surface area contributed by atoms with Gasteiger partial charge in [-0.2, -0.15) is 0 Å². The van der Waals surface area contributed by atoms with Crippen LogP contribution >= 0.6 is 0 Å². The molecule has 1 aromatic rings. The van der Waals surface area contributed by atoms with Crippen LogP contribution in [0.3, 0.4) is 0 Å². The summed E-state index contributed by atoms with van der Waals surface area (Å²) < 4.78 is 0. The van der Waals surface area contributed by atoms with Crippen LogP contribution in [0.15, 0.2) is 24.5 Å². The first-order chi connectivity index (χ1) is 8.29. The van der Waals surface area contributed by atoms with Crippen LogP contribution in [0.5, 0.6) is 0 Å². The molecule has 0 bridgehead atoms. The highest BCUT2D eigenvalue weighted by Crippen LogP contribution is 2.22. The minimum Gasteiger partial charge on any atom is -0.330 e. The molecule has 0 radical (unpaired) electrons. The molecule has 94 valence electrons. The molecule has 0 aliphatic carbocycles. The SMILES string of the molecule is CC1CCN(CCc2cccnc2)CC1CN. The maximum Gasteiger partial charge on any atom is 0.0300 e. The highest BCUT2D eigenvalue weighted by Gasteiger charge is 2.24. The summed E-state index contributed by atoms with van der Waals surface area (Å²) in [6.45, 7) is 6.67. The average Bonchev–Trinajstić information content (AvgIpc) is 2.39. The fourth-order valence-electron chi connectivity index (χ4n) is 2.57. The van der Waals surface area contributed by atoms with Crippen molar-refractivity contribution < 1.29 is 0 Å². The van der Waals surface area contributed by atoms with Gasteiger partial charge in [0, 0.05) is 25.5 Å². The number of nitrogens with zero attached hydrogens (tertiary/aromatic N) is 2. The molecule has 2 unspecified atom stereocenters. The number of rotatable bonds is 4. The molecule has 0 aromatic carbocycles. The number of likely N-dealkylation sites (tertiary alicyclic amines) is 1. The molecule has 2 heterocycles. The van der Waals surface area contributed by atoms with Gasteiger partial charge in [-0.05, 0) is 49.4 Å². The number of pyridine rings is 1. The smallest absolute Gasteiger partial charge is 0.0300 e. The van der Waals surface area contributed by atoms with Crippen molar-refractivity contribution in [1.82, 2.24) is 9.88 Å². The third kappa shape index (κ3) is 3.51. The number of aromatic nitrogens is 1. The van der Waals surface area contributed by atoms with E-state index < -0.39 is 0 Å². The lowest BCUT2D eigenvalue weighted by molar-refractivity contribution is 0.133. The molecular formula is C14H23N3. The van der Waals surface area contributed by atoms with Crippen molar-refractivity contribution in [2.24, 2.45) is 17.6 Å². The van der Waals surface area contributed by atoms with Gasteiger partial charge in [-0.25, -0.2) is 0 Å². The first kappa shape index (κ1) is 12.5. The van der Waals surface area contributed by atoms with Crippen molar-refractivity contribution in [2.75, 3.05) is 26.2 Å². The second-order valence-corrected chi connectivity index (χ2v) is 5.17. The van der Waals surface area contributed by atoms with Gasteiger partial charge < -0.3 is 10.6 Å². The fourth-order valence-corrected chi connectivity index (χ4v) is 2.57. The zero-order valence-corrected chi connectivity index (χ0v) is 10.7. The Morgan fingerprint density at radius 3 is 3.12 bits per heavy atom. The van der Waals surface area contributed by atoms with E-state index in [1.165, 1.54) is 18.5 Å². The monoisotopic (exact) mass is 233 g/mol. The van der Waals surface area contributed by atoms with Gasteiger partial charge in [0.25, 0.3) is 0 Å². The van der Waals surface area contributed by atoms with E-state index in [9.17, 15) is 0 Å². The molecule has 2 atom stereocenters. The van der Waals surface area contributed by atoms with E-state index in [-0.39, 0.29) is 0 Å². The zero-order chi connectivity index (χ0) is 12.1. The molecule has 3 nitrogen and oxygen atoms in total. The Balaban J connectivity index is 1.80. The van der Waals surface area contributed by atoms with Crippen LogP contribution in [-0.4, -0.2) is 36.1 Å². The van der Waals surface area contributed by atoms with Crippen LogP contribution < -0.4 is 5.73 Å². The van der Waals surface area contributed by atoms with E-state index in [1.807, 2.05) is 18.5 Å². The van der Waals surface area contributed by atoms with Crippen molar-refractivity contribution >= 4 is 0 Å². The Morgan fingerprint density at radius 1 is 1.53 bits per heavy atom. The summed E-state index contributed by atoms with van der Waals surface area (Å²) in [4.78, 5) is 6.70. The number of hydrogen-bond donors (Lipinski definition) is 1. The first-order valence-electron chi connectivity index (χ1n) is 6.61. The van der Waals surface area contributed by atoms with E-state index in [2.05, 4.69) is 22.9 Å². The predicted molar refractivity (Wildman–Crippen MR) is 70.7 cm³/mol. The normalized spacial score (nSPS) is 26.0. The molecule has 1 aromatic heterocycles. The van der Waals surface area contributed by atoms with Crippen molar-refractivity contribution in [3.05, 3.63) is 30.1 Å². The number of hydrogen-bond acceptors (Lipinski definition) is 3. The summed E-state index contributed by atoms with van der Waals surface area (Å²) in [6, 6.07) is 4.16. The average molecular weight is 233 g/mol. The number of piperidine rings is 1. The molecule has 0 amide bonds. The van der Waals surface area contributed by atoms with Gasteiger partial charge in [-0.1, -0.05) is 13.0 Å². The Hall–Kier alpha value is -0.930. The Bertz CT molecular complexity index is 325. The van der Waals surface area contributed by atoms with Crippen LogP contribution in [0.1, 0.15) is 18.9 Å². The van der Waals surface area contributed by atoms with Gasteiger partial charge in [-0.15, -0.1) is 0 Å². The Kier molecular flexibility index (Phi) is 4.51.